The van der Waals surface area contributed by atoms with Gasteiger partial charge in [-0.05, 0) is 25.2 Å². The van der Waals surface area contributed by atoms with Crippen LogP contribution in [-0.4, -0.2) is 23.4 Å². The molecule has 0 amide bonds. The average molecular weight is 172 g/mol. The average Bonchev–Trinajstić information content (AvgIpc) is 1.99. The van der Waals surface area contributed by atoms with Crippen molar-refractivity contribution in [1.29, 1.82) is 0 Å². The molecule has 0 spiro atoms. The Hall–Kier alpha value is -0.0800. The number of aliphatic hydroxyl groups excluding tert-OH is 1. The first-order valence-electron chi connectivity index (χ1n) is 4.86. The van der Waals surface area contributed by atoms with Crippen LogP contribution in [0, 0.1) is 11.8 Å². The van der Waals surface area contributed by atoms with Gasteiger partial charge in [-0.3, -0.25) is 0 Å². The highest BCUT2D eigenvalue weighted by atomic mass is 16.5. The molecule has 1 saturated heterocycles. The monoisotopic (exact) mass is 172 g/mol. The fourth-order valence-corrected chi connectivity index (χ4v) is 1.81. The molecular formula is C10H20O2. The topological polar surface area (TPSA) is 29.5 Å². The molecule has 2 nitrogen and oxygen atoms in total. The van der Waals surface area contributed by atoms with E-state index in [0.717, 1.165) is 6.42 Å². The Kier molecular flexibility index (Phi) is 3.13. The first-order valence-corrected chi connectivity index (χ1v) is 4.86. The molecule has 4 unspecified atom stereocenters. The van der Waals surface area contributed by atoms with Crippen LogP contribution < -0.4 is 0 Å². The van der Waals surface area contributed by atoms with E-state index in [0.29, 0.717) is 17.9 Å². The second-order valence-corrected chi connectivity index (χ2v) is 4.33. The van der Waals surface area contributed by atoms with Gasteiger partial charge in [-0.1, -0.05) is 20.8 Å². The van der Waals surface area contributed by atoms with E-state index in [-0.39, 0.29) is 12.2 Å². The quantitative estimate of drug-likeness (QED) is 0.653. The van der Waals surface area contributed by atoms with Crippen LogP contribution in [0.3, 0.4) is 0 Å². The third kappa shape index (κ3) is 1.99. The maximum atomic E-state index is 9.62. The van der Waals surface area contributed by atoms with Gasteiger partial charge in [0.15, 0.2) is 0 Å². The first-order chi connectivity index (χ1) is 5.52. The summed E-state index contributed by atoms with van der Waals surface area (Å²) in [6.45, 7) is 8.39. The molecule has 0 radical (unpaired) electrons. The second kappa shape index (κ2) is 3.75. The van der Waals surface area contributed by atoms with E-state index in [1.165, 1.54) is 0 Å². The highest BCUT2D eigenvalue weighted by Crippen LogP contribution is 2.28. The third-order valence-corrected chi connectivity index (χ3v) is 2.80. The summed E-state index contributed by atoms with van der Waals surface area (Å²) in [5.74, 6) is 0.934. The molecule has 4 atom stereocenters. The highest BCUT2D eigenvalue weighted by molar-refractivity contribution is 4.82. The zero-order valence-corrected chi connectivity index (χ0v) is 8.45. The minimum Gasteiger partial charge on any atom is -0.390 e. The number of rotatable bonds is 1. The van der Waals surface area contributed by atoms with Gasteiger partial charge in [0.25, 0.3) is 0 Å². The Morgan fingerprint density at radius 1 is 1.33 bits per heavy atom. The Labute approximate surface area is 74.9 Å². The molecular weight excluding hydrogens is 152 g/mol. The Bertz CT molecular complexity index is 133. The van der Waals surface area contributed by atoms with Crippen LogP contribution in [-0.2, 0) is 4.74 Å². The lowest BCUT2D eigenvalue weighted by atomic mass is 9.87. The van der Waals surface area contributed by atoms with Crippen molar-refractivity contribution in [3.05, 3.63) is 0 Å². The van der Waals surface area contributed by atoms with Crippen molar-refractivity contribution >= 4 is 0 Å². The Balaban J connectivity index is 2.53. The van der Waals surface area contributed by atoms with Gasteiger partial charge < -0.3 is 9.84 Å². The minimum atomic E-state index is -0.278. The molecule has 1 heterocycles. The molecule has 0 aromatic rings. The smallest absolute Gasteiger partial charge is 0.0825 e. The first kappa shape index (κ1) is 10.0. The Morgan fingerprint density at radius 3 is 2.33 bits per heavy atom. The molecule has 72 valence electrons. The largest absolute Gasteiger partial charge is 0.390 e. The molecule has 1 aliphatic rings. The predicted molar refractivity (Wildman–Crippen MR) is 49.0 cm³/mol. The SMILES string of the molecule is CC(C)C1CC(C)C(O)C(C)O1. The van der Waals surface area contributed by atoms with Crippen LogP contribution in [0.5, 0.6) is 0 Å². The van der Waals surface area contributed by atoms with Crippen LogP contribution in [0.2, 0.25) is 0 Å². The molecule has 1 fully saturated rings. The van der Waals surface area contributed by atoms with Crippen molar-refractivity contribution in [2.75, 3.05) is 0 Å². The van der Waals surface area contributed by atoms with Crippen molar-refractivity contribution in [3.8, 4) is 0 Å². The number of ether oxygens (including phenoxy) is 1. The number of hydrogen-bond acceptors (Lipinski definition) is 2. The fraction of sp³-hybridized carbons (Fsp3) is 1.00. The Morgan fingerprint density at radius 2 is 1.92 bits per heavy atom. The summed E-state index contributed by atoms with van der Waals surface area (Å²) in [4.78, 5) is 0. The van der Waals surface area contributed by atoms with Crippen molar-refractivity contribution in [1.82, 2.24) is 0 Å². The summed E-state index contributed by atoms with van der Waals surface area (Å²) in [6, 6.07) is 0. The van der Waals surface area contributed by atoms with E-state index in [1.807, 2.05) is 6.92 Å². The van der Waals surface area contributed by atoms with E-state index in [9.17, 15) is 5.11 Å². The van der Waals surface area contributed by atoms with Crippen molar-refractivity contribution < 1.29 is 9.84 Å². The minimum absolute atomic E-state index is 0.00106. The maximum Gasteiger partial charge on any atom is 0.0825 e. The van der Waals surface area contributed by atoms with E-state index in [2.05, 4.69) is 20.8 Å². The molecule has 0 aromatic carbocycles. The summed E-state index contributed by atoms with van der Waals surface area (Å²) in [5, 5.41) is 9.62. The van der Waals surface area contributed by atoms with Crippen molar-refractivity contribution in [2.45, 2.75) is 52.4 Å². The van der Waals surface area contributed by atoms with Gasteiger partial charge in [0.1, 0.15) is 0 Å². The molecule has 0 aliphatic carbocycles. The predicted octanol–water partition coefficient (Wildman–Crippen LogP) is 1.82. The van der Waals surface area contributed by atoms with Crippen LogP contribution >= 0.6 is 0 Å². The van der Waals surface area contributed by atoms with Crippen LogP contribution in [0.15, 0.2) is 0 Å². The van der Waals surface area contributed by atoms with Crippen molar-refractivity contribution in [3.63, 3.8) is 0 Å². The van der Waals surface area contributed by atoms with Gasteiger partial charge in [0.05, 0.1) is 18.3 Å². The summed E-state index contributed by atoms with van der Waals surface area (Å²) < 4.78 is 5.68. The number of hydrogen-bond donors (Lipinski definition) is 1. The lowest BCUT2D eigenvalue weighted by Gasteiger charge is -2.38. The fourth-order valence-electron chi connectivity index (χ4n) is 1.81. The standard InChI is InChI=1S/C10H20O2/c1-6(2)9-5-7(3)10(11)8(4)12-9/h6-11H,5H2,1-4H3. The molecule has 1 rings (SSSR count). The molecule has 0 bridgehead atoms. The third-order valence-electron chi connectivity index (χ3n) is 2.80. The molecule has 0 aromatic heterocycles. The summed E-state index contributed by atoms with van der Waals surface area (Å²) in [6.07, 6.45) is 1.04. The van der Waals surface area contributed by atoms with Gasteiger partial charge in [0, 0.05) is 0 Å². The maximum absolute atomic E-state index is 9.62. The van der Waals surface area contributed by atoms with E-state index in [1.54, 1.807) is 0 Å². The van der Waals surface area contributed by atoms with E-state index >= 15 is 0 Å². The molecule has 2 heteroatoms. The molecule has 1 aliphatic heterocycles. The second-order valence-electron chi connectivity index (χ2n) is 4.33. The lowest BCUT2D eigenvalue weighted by Crippen LogP contribution is -2.44. The molecule has 1 N–H and O–H groups in total. The van der Waals surface area contributed by atoms with Crippen LogP contribution in [0.4, 0.5) is 0 Å². The van der Waals surface area contributed by atoms with E-state index < -0.39 is 0 Å². The molecule has 0 saturated carbocycles. The van der Waals surface area contributed by atoms with Crippen LogP contribution in [0.25, 0.3) is 0 Å². The summed E-state index contributed by atoms with van der Waals surface area (Å²) in [5.41, 5.74) is 0. The van der Waals surface area contributed by atoms with Gasteiger partial charge in [-0.25, -0.2) is 0 Å². The van der Waals surface area contributed by atoms with Crippen LogP contribution in [0.1, 0.15) is 34.1 Å². The van der Waals surface area contributed by atoms with E-state index in [4.69, 9.17) is 4.74 Å². The highest BCUT2D eigenvalue weighted by Gasteiger charge is 2.33. The zero-order valence-electron chi connectivity index (χ0n) is 8.45. The normalized spacial score (nSPS) is 43.5. The summed E-state index contributed by atoms with van der Waals surface area (Å²) in [7, 11) is 0. The van der Waals surface area contributed by atoms with Gasteiger partial charge in [-0.15, -0.1) is 0 Å². The summed E-state index contributed by atoms with van der Waals surface area (Å²) >= 11 is 0. The van der Waals surface area contributed by atoms with Gasteiger partial charge in [-0.2, -0.15) is 0 Å². The lowest BCUT2D eigenvalue weighted by molar-refractivity contribution is -0.145. The number of aliphatic hydroxyl groups is 1. The molecule has 12 heavy (non-hydrogen) atoms. The zero-order chi connectivity index (χ0) is 9.30. The van der Waals surface area contributed by atoms with Gasteiger partial charge in [0.2, 0.25) is 0 Å². The van der Waals surface area contributed by atoms with Crippen molar-refractivity contribution in [2.24, 2.45) is 11.8 Å². The van der Waals surface area contributed by atoms with Gasteiger partial charge >= 0.3 is 0 Å².